The number of sulfonamides is 1. The number of anilines is 1. The molecule has 5 nitrogen and oxygen atoms in total. The summed E-state index contributed by atoms with van der Waals surface area (Å²) in [5.74, 6) is -0.126. The molecule has 0 saturated heterocycles. The van der Waals surface area contributed by atoms with Crippen LogP contribution in [0.25, 0.3) is 0 Å². The maximum absolute atomic E-state index is 11.9. The molecule has 0 aliphatic carbocycles. The van der Waals surface area contributed by atoms with Gasteiger partial charge in [0.25, 0.3) is 0 Å². The number of primary sulfonamides is 1. The number of rotatable bonds is 4. The molecule has 3 N–H and O–H groups in total. The number of alkyl halides is 1. The molecule has 1 rings (SSSR count). The highest BCUT2D eigenvalue weighted by molar-refractivity contribution is 7.89. The third-order valence-electron chi connectivity index (χ3n) is 2.70. The first-order chi connectivity index (χ1) is 8.58. The minimum atomic E-state index is -3.81. The Bertz CT molecular complexity index is 597. The Morgan fingerprint density at radius 1 is 1.42 bits per heavy atom. The van der Waals surface area contributed by atoms with Crippen LogP contribution in [0.1, 0.15) is 19.4 Å². The summed E-state index contributed by atoms with van der Waals surface area (Å²) in [4.78, 5) is 11.9. The molecule has 0 aromatic heterocycles. The monoisotopic (exact) mass is 304 g/mol. The number of hydrogen-bond acceptors (Lipinski definition) is 3. The first-order valence-electron chi connectivity index (χ1n) is 5.59. The lowest BCUT2D eigenvalue weighted by molar-refractivity contribution is -0.122. The van der Waals surface area contributed by atoms with Crippen LogP contribution >= 0.6 is 11.6 Å². The number of hydrogen-bond donors (Lipinski definition) is 2. The summed E-state index contributed by atoms with van der Waals surface area (Å²) in [7, 11) is -3.81. The van der Waals surface area contributed by atoms with Crippen molar-refractivity contribution in [2.24, 2.45) is 10.6 Å². The molecule has 0 bridgehead atoms. The van der Waals surface area contributed by atoms with Crippen molar-refractivity contribution in [2.45, 2.75) is 25.7 Å². The summed E-state index contributed by atoms with van der Waals surface area (Å²) in [6.45, 7) is 5.03. The molecule has 7 heteroatoms. The van der Waals surface area contributed by atoms with E-state index in [9.17, 15) is 13.2 Å². The van der Waals surface area contributed by atoms with Crippen LogP contribution in [-0.2, 0) is 14.8 Å². The second-order valence-corrected chi connectivity index (χ2v) is 6.79. The molecule has 0 radical (unpaired) electrons. The molecule has 1 aromatic carbocycles. The van der Waals surface area contributed by atoms with Crippen molar-refractivity contribution < 1.29 is 13.2 Å². The van der Waals surface area contributed by atoms with Gasteiger partial charge in [-0.3, -0.25) is 4.79 Å². The second-order valence-electron chi connectivity index (χ2n) is 5.00. The molecule has 0 unspecified atom stereocenters. The molecule has 1 amide bonds. The lowest BCUT2D eigenvalue weighted by Crippen LogP contribution is -2.32. The molecule has 106 valence electrons. The molecule has 0 spiro atoms. The molecule has 0 saturated carbocycles. The van der Waals surface area contributed by atoms with Gasteiger partial charge < -0.3 is 5.32 Å². The van der Waals surface area contributed by atoms with Crippen LogP contribution in [0.2, 0.25) is 0 Å². The van der Waals surface area contributed by atoms with Crippen molar-refractivity contribution in [3.05, 3.63) is 23.8 Å². The summed E-state index contributed by atoms with van der Waals surface area (Å²) in [6, 6.07) is 4.54. The van der Waals surface area contributed by atoms with Crippen molar-refractivity contribution in [3.8, 4) is 0 Å². The topological polar surface area (TPSA) is 89.3 Å². The summed E-state index contributed by atoms with van der Waals surface area (Å²) in [5, 5.41) is 7.74. The lowest BCUT2D eigenvalue weighted by Gasteiger charge is -2.20. The average molecular weight is 305 g/mol. The number of carbonyl (C=O) groups excluding carboxylic acids is 1. The van der Waals surface area contributed by atoms with Crippen LogP contribution in [0.15, 0.2) is 23.1 Å². The predicted molar refractivity (Wildman–Crippen MR) is 75.7 cm³/mol. The largest absolute Gasteiger partial charge is 0.326 e. The second kappa shape index (κ2) is 5.48. The standard InChI is InChI=1S/C12H17ClN2O3S/c1-8-4-5-9(6-10(8)19(14,17)18)15-11(16)12(2,3)7-13/h4-6H,7H2,1-3H3,(H,15,16)(H2,14,17,18). The zero-order valence-electron chi connectivity index (χ0n) is 11.0. The number of nitrogens with one attached hydrogen (secondary N) is 1. The number of halogens is 1. The Morgan fingerprint density at radius 2 is 2.00 bits per heavy atom. The van der Waals surface area contributed by atoms with Gasteiger partial charge in [0.2, 0.25) is 15.9 Å². The van der Waals surface area contributed by atoms with E-state index < -0.39 is 15.4 Å². The SMILES string of the molecule is Cc1ccc(NC(=O)C(C)(C)CCl)cc1S(N)(=O)=O. The van der Waals surface area contributed by atoms with E-state index >= 15 is 0 Å². The van der Waals surface area contributed by atoms with Crippen molar-refractivity contribution in [3.63, 3.8) is 0 Å². The van der Waals surface area contributed by atoms with Crippen molar-refractivity contribution in [1.82, 2.24) is 0 Å². The number of amides is 1. The molecule has 0 heterocycles. The maximum Gasteiger partial charge on any atom is 0.238 e. The highest BCUT2D eigenvalue weighted by Gasteiger charge is 2.26. The average Bonchev–Trinajstić information content (AvgIpc) is 2.30. The van der Waals surface area contributed by atoms with E-state index in [1.165, 1.54) is 6.07 Å². The van der Waals surface area contributed by atoms with Crippen LogP contribution in [0.4, 0.5) is 5.69 Å². The number of nitrogens with two attached hydrogens (primary N) is 1. The first kappa shape index (κ1) is 15.9. The van der Waals surface area contributed by atoms with Gasteiger partial charge in [-0.05, 0) is 38.5 Å². The zero-order valence-corrected chi connectivity index (χ0v) is 12.6. The molecule has 0 aliphatic rings. The van der Waals surface area contributed by atoms with Gasteiger partial charge in [-0.1, -0.05) is 6.07 Å². The van der Waals surface area contributed by atoms with Gasteiger partial charge >= 0.3 is 0 Å². The Balaban J connectivity index is 3.09. The van der Waals surface area contributed by atoms with E-state index in [4.69, 9.17) is 16.7 Å². The van der Waals surface area contributed by atoms with Gasteiger partial charge in [0.1, 0.15) is 0 Å². The van der Waals surface area contributed by atoms with Crippen LogP contribution in [0.5, 0.6) is 0 Å². The number of aryl methyl sites for hydroxylation is 1. The summed E-state index contributed by atoms with van der Waals surface area (Å²) in [5.41, 5.74) is 0.156. The smallest absolute Gasteiger partial charge is 0.238 e. The molecule has 0 fully saturated rings. The highest BCUT2D eigenvalue weighted by Crippen LogP contribution is 2.23. The maximum atomic E-state index is 11.9. The van der Waals surface area contributed by atoms with E-state index in [1.54, 1.807) is 32.9 Å². The Labute approximate surface area is 118 Å². The van der Waals surface area contributed by atoms with E-state index in [1.807, 2.05) is 0 Å². The fourth-order valence-electron chi connectivity index (χ4n) is 1.35. The van der Waals surface area contributed by atoms with Gasteiger partial charge in [-0.2, -0.15) is 0 Å². The van der Waals surface area contributed by atoms with Crippen LogP contribution in [0.3, 0.4) is 0 Å². The van der Waals surface area contributed by atoms with Gasteiger partial charge in [0.05, 0.1) is 10.3 Å². The highest BCUT2D eigenvalue weighted by atomic mass is 35.5. The molecule has 0 atom stereocenters. The van der Waals surface area contributed by atoms with Crippen LogP contribution < -0.4 is 10.5 Å². The van der Waals surface area contributed by atoms with Crippen molar-refractivity contribution in [1.29, 1.82) is 0 Å². The Hall–Kier alpha value is -1.11. The van der Waals surface area contributed by atoms with Gasteiger partial charge in [-0.25, -0.2) is 13.6 Å². The van der Waals surface area contributed by atoms with Gasteiger partial charge in [0, 0.05) is 11.6 Å². The molecule has 0 aliphatic heterocycles. The first-order valence-corrected chi connectivity index (χ1v) is 7.67. The summed E-state index contributed by atoms with van der Waals surface area (Å²) in [6.07, 6.45) is 0. The predicted octanol–water partition coefficient (Wildman–Crippen LogP) is 1.85. The minimum absolute atomic E-state index is 0.00557. The third kappa shape index (κ3) is 3.92. The third-order valence-corrected chi connectivity index (χ3v) is 4.42. The quantitative estimate of drug-likeness (QED) is 0.832. The zero-order chi connectivity index (χ0) is 14.8. The molecular weight excluding hydrogens is 288 g/mol. The molecular formula is C12H17ClN2O3S. The fourth-order valence-corrected chi connectivity index (χ4v) is 2.27. The van der Waals surface area contributed by atoms with Gasteiger partial charge in [-0.15, -0.1) is 11.6 Å². The summed E-state index contributed by atoms with van der Waals surface area (Å²) < 4.78 is 22.8. The Kier molecular flexibility index (Phi) is 4.60. The van der Waals surface area contributed by atoms with E-state index in [0.717, 1.165) is 0 Å². The van der Waals surface area contributed by atoms with Gasteiger partial charge in [0.15, 0.2) is 0 Å². The minimum Gasteiger partial charge on any atom is -0.326 e. The normalized spacial score (nSPS) is 12.3. The molecule has 19 heavy (non-hydrogen) atoms. The molecule has 1 aromatic rings. The lowest BCUT2D eigenvalue weighted by atomic mass is 9.95. The Morgan fingerprint density at radius 3 is 2.47 bits per heavy atom. The number of benzene rings is 1. The fraction of sp³-hybridized carbons (Fsp3) is 0.417. The van der Waals surface area contributed by atoms with Crippen LogP contribution in [0, 0.1) is 12.3 Å². The van der Waals surface area contributed by atoms with E-state index in [-0.39, 0.29) is 16.7 Å². The van der Waals surface area contributed by atoms with E-state index in [0.29, 0.717) is 11.3 Å². The summed E-state index contributed by atoms with van der Waals surface area (Å²) >= 11 is 5.71. The van der Waals surface area contributed by atoms with Crippen LogP contribution in [-0.4, -0.2) is 20.2 Å². The number of carbonyl (C=O) groups is 1. The van der Waals surface area contributed by atoms with Crippen molar-refractivity contribution >= 4 is 33.2 Å². The van der Waals surface area contributed by atoms with E-state index in [2.05, 4.69) is 5.32 Å². The van der Waals surface area contributed by atoms with Crippen molar-refractivity contribution in [2.75, 3.05) is 11.2 Å².